The van der Waals surface area contributed by atoms with E-state index in [1.165, 1.54) is 34.3 Å². The lowest BCUT2D eigenvalue weighted by molar-refractivity contribution is -0.119. The zero-order chi connectivity index (χ0) is 32.7. The van der Waals surface area contributed by atoms with Crippen molar-refractivity contribution >= 4 is 13.2 Å². The molecule has 0 rings (SSSR count). The molecule has 0 aromatic heterocycles. The van der Waals surface area contributed by atoms with Crippen LogP contribution >= 0.6 is 7.37 Å². The molecule has 0 heterocycles. The number of hydrogen-bond acceptors (Lipinski definition) is 3. The fourth-order valence-corrected chi connectivity index (χ4v) is 5.38. The van der Waals surface area contributed by atoms with E-state index in [1.807, 2.05) is 20.8 Å². The maximum absolute atomic E-state index is 12.4. The van der Waals surface area contributed by atoms with Gasteiger partial charge < -0.3 is 9.09 Å². The summed E-state index contributed by atoms with van der Waals surface area (Å²) >= 11 is 0. The van der Waals surface area contributed by atoms with Crippen molar-refractivity contribution in [1.29, 1.82) is 0 Å². The highest BCUT2D eigenvalue weighted by molar-refractivity contribution is 7.61. The van der Waals surface area contributed by atoms with Crippen molar-refractivity contribution in [2.24, 2.45) is 0 Å². The second kappa shape index (κ2) is 23.9. The van der Waals surface area contributed by atoms with Crippen molar-refractivity contribution in [1.82, 2.24) is 0 Å². The summed E-state index contributed by atoms with van der Waals surface area (Å²) in [6.45, 7) is 23.3. The predicted molar refractivity (Wildman–Crippen MR) is 192 cm³/mol. The molecule has 1 atom stereocenters. The standard InChI is InChI=1S/C39H68O3P/c1-33(2)21-18-24-36(5)27-19-25-34(3)22-15-16-23-35(4)26-20-28-37(6)30-31-38(40)29-14-12-11-13-17-32-42-43(10,41)39(7,8)9/h21-23,27-28H,10-20,24-26,29-32H2,1-9H3/q-1/b34-22+,35-23+,36-27+,37-28+. The Labute approximate surface area is 268 Å². The largest absolute Gasteiger partial charge is 0.352 e. The van der Waals surface area contributed by atoms with Gasteiger partial charge in [-0.05, 0) is 112 Å². The van der Waals surface area contributed by atoms with E-state index < -0.39 is 12.5 Å². The van der Waals surface area contributed by atoms with E-state index in [0.29, 0.717) is 25.2 Å². The van der Waals surface area contributed by atoms with Gasteiger partial charge in [-0.15, -0.1) is 0 Å². The minimum Gasteiger partial charge on any atom is -0.352 e. The normalized spacial score (nSPS) is 15.0. The van der Waals surface area contributed by atoms with Crippen LogP contribution in [0.25, 0.3) is 0 Å². The third kappa shape index (κ3) is 24.6. The molecule has 0 fully saturated rings. The van der Waals surface area contributed by atoms with Crippen LogP contribution in [-0.2, 0) is 13.9 Å². The molecule has 0 bridgehead atoms. The highest BCUT2D eigenvalue weighted by atomic mass is 31.2. The molecule has 0 aliphatic heterocycles. The SMILES string of the molecule is [CH2-]P(=O)(OCCCCCCCC(=O)CC/C(C)=C/CC/C(C)=C/CC/C=C(\C)CC/C=C(\C)CCC=C(C)C)C(C)(C)C. The van der Waals surface area contributed by atoms with Crippen molar-refractivity contribution in [3.63, 3.8) is 0 Å². The van der Waals surface area contributed by atoms with Gasteiger partial charge in [0, 0.05) is 18.0 Å². The summed E-state index contributed by atoms with van der Waals surface area (Å²) in [5.41, 5.74) is 7.20. The number of carbonyl (C=O) groups is 1. The zero-order valence-corrected chi connectivity index (χ0v) is 30.7. The summed E-state index contributed by atoms with van der Waals surface area (Å²) in [7, 11) is -2.80. The lowest BCUT2D eigenvalue weighted by Crippen LogP contribution is -2.15. The summed E-state index contributed by atoms with van der Waals surface area (Å²) < 4.78 is 18.0. The average molecular weight is 616 g/mol. The molecule has 248 valence electrons. The summed E-state index contributed by atoms with van der Waals surface area (Å²) in [5.74, 6) is 0.379. The van der Waals surface area contributed by atoms with Crippen molar-refractivity contribution in [3.8, 4) is 0 Å². The van der Waals surface area contributed by atoms with Crippen LogP contribution < -0.4 is 0 Å². The maximum atomic E-state index is 12.4. The van der Waals surface area contributed by atoms with E-state index >= 15 is 0 Å². The third-order valence-electron chi connectivity index (χ3n) is 8.03. The summed E-state index contributed by atoms with van der Waals surface area (Å²) in [5, 5.41) is -0.406. The molecule has 0 saturated heterocycles. The first-order valence-electron chi connectivity index (χ1n) is 17.0. The second-order valence-electron chi connectivity index (χ2n) is 13.9. The Hall–Kier alpha value is -1.44. The van der Waals surface area contributed by atoms with Gasteiger partial charge in [0.25, 0.3) is 0 Å². The molecular formula is C39H68O3P-. The van der Waals surface area contributed by atoms with Crippen LogP contribution in [0.3, 0.4) is 0 Å². The molecular weight excluding hydrogens is 547 g/mol. The van der Waals surface area contributed by atoms with E-state index in [1.54, 1.807) is 0 Å². The van der Waals surface area contributed by atoms with Crippen molar-refractivity contribution in [2.75, 3.05) is 6.61 Å². The van der Waals surface area contributed by atoms with Crippen LogP contribution in [0.4, 0.5) is 0 Å². The average Bonchev–Trinajstić information content (AvgIpc) is 2.90. The van der Waals surface area contributed by atoms with Crippen molar-refractivity contribution in [2.45, 2.75) is 170 Å². The van der Waals surface area contributed by atoms with Gasteiger partial charge in [0.05, 0.1) is 14.0 Å². The van der Waals surface area contributed by atoms with Gasteiger partial charge in [-0.3, -0.25) is 11.5 Å². The molecule has 0 saturated carbocycles. The number of carbonyl (C=O) groups excluding carboxylic acids is 1. The second-order valence-corrected chi connectivity index (χ2v) is 16.9. The fourth-order valence-electron chi connectivity index (χ4n) is 4.57. The molecule has 0 amide bonds. The summed E-state index contributed by atoms with van der Waals surface area (Å²) in [4.78, 5) is 12.3. The van der Waals surface area contributed by atoms with Crippen LogP contribution in [0.15, 0.2) is 58.2 Å². The van der Waals surface area contributed by atoms with Gasteiger partial charge in [-0.25, -0.2) is 0 Å². The smallest absolute Gasteiger partial charge is 0.133 e. The minimum atomic E-state index is -2.80. The number of rotatable bonds is 24. The Bertz CT molecular complexity index is 980. The van der Waals surface area contributed by atoms with E-state index in [-0.39, 0.29) is 0 Å². The van der Waals surface area contributed by atoms with Gasteiger partial charge >= 0.3 is 0 Å². The first-order chi connectivity index (χ1) is 20.1. The Kier molecular flexibility index (Phi) is 23.1. The van der Waals surface area contributed by atoms with Crippen LogP contribution in [0.1, 0.15) is 165 Å². The topological polar surface area (TPSA) is 43.4 Å². The molecule has 43 heavy (non-hydrogen) atoms. The predicted octanol–water partition coefficient (Wildman–Crippen LogP) is 13.4. The van der Waals surface area contributed by atoms with Gasteiger partial charge in [-0.1, -0.05) is 98.3 Å². The van der Waals surface area contributed by atoms with Gasteiger partial charge in [-0.2, -0.15) is 0 Å². The summed E-state index contributed by atoms with van der Waals surface area (Å²) in [6.07, 6.45) is 28.1. The first kappa shape index (κ1) is 41.6. The quantitative estimate of drug-likeness (QED) is 0.0469. The number of allylic oxidation sites excluding steroid dienone is 10. The maximum Gasteiger partial charge on any atom is 0.133 e. The Balaban J connectivity index is 3.98. The van der Waals surface area contributed by atoms with E-state index in [2.05, 4.69) is 78.6 Å². The van der Waals surface area contributed by atoms with E-state index in [9.17, 15) is 9.36 Å². The number of Topliss-reactive ketones (excluding diaryl/α,β-unsaturated/α-hetero) is 1. The minimum absolute atomic E-state index is 0.379. The van der Waals surface area contributed by atoms with E-state index in [4.69, 9.17) is 4.52 Å². The summed E-state index contributed by atoms with van der Waals surface area (Å²) in [6, 6.07) is 0. The molecule has 0 radical (unpaired) electrons. The molecule has 4 heteroatoms. The molecule has 0 aromatic carbocycles. The lowest BCUT2D eigenvalue weighted by atomic mass is 10.0. The van der Waals surface area contributed by atoms with Gasteiger partial charge in [0.15, 0.2) is 0 Å². The first-order valence-corrected chi connectivity index (χ1v) is 18.8. The van der Waals surface area contributed by atoms with Crippen molar-refractivity contribution < 1.29 is 13.9 Å². The monoisotopic (exact) mass is 615 g/mol. The van der Waals surface area contributed by atoms with Crippen LogP contribution in [0, 0.1) is 6.66 Å². The van der Waals surface area contributed by atoms with Crippen LogP contribution in [0.5, 0.6) is 0 Å². The highest BCUT2D eigenvalue weighted by Crippen LogP contribution is 2.57. The zero-order valence-electron chi connectivity index (χ0n) is 29.8. The van der Waals surface area contributed by atoms with E-state index in [0.717, 1.165) is 83.5 Å². The molecule has 0 aliphatic carbocycles. The van der Waals surface area contributed by atoms with Gasteiger partial charge in [0.2, 0.25) is 0 Å². The molecule has 0 N–H and O–H groups in total. The molecule has 0 spiro atoms. The Morgan fingerprint density at radius 2 is 1.00 bits per heavy atom. The Morgan fingerprint density at radius 3 is 1.49 bits per heavy atom. The van der Waals surface area contributed by atoms with Crippen molar-refractivity contribution in [3.05, 3.63) is 64.9 Å². The number of hydrogen-bond donors (Lipinski definition) is 0. The Morgan fingerprint density at radius 1 is 0.581 bits per heavy atom. The lowest BCUT2D eigenvalue weighted by Gasteiger charge is -2.33. The number of ketones is 1. The molecule has 0 aromatic rings. The highest BCUT2D eigenvalue weighted by Gasteiger charge is 2.25. The third-order valence-corrected chi connectivity index (χ3v) is 10.7. The number of unbranched alkanes of at least 4 members (excludes halogenated alkanes) is 5. The molecule has 0 aliphatic rings. The molecule has 1 unspecified atom stereocenters. The fraction of sp³-hybridized carbons (Fsp3) is 0.692. The van der Waals surface area contributed by atoms with Gasteiger partial charge in [0.1, 0.15) is 5.78 Å². The molecule has 3 nitrogen and oxygen atoms in total. The van der Waals surface area contributed by atoms with Crippen LogP contribution in [-0.4, -0.2) is 17.5 Å². The van der Waals surface area contributed by atoms with Crippen LogP contribution in [0.2, 0.25) is 0 Å².